The molecule has 0 aromatic rings. The van der Waals surface area contributed by atoms with E-state index in [-0.39, 0.29) is 25.7 Å². The maximum absolute atomic E-state index is 13.1. The number of carbonyl (C=O) groups excluding carboxylic acids is 4. The first kappa shape index (κ1) is 98.7. The van der Waals surface area contributed by atoms with Crippen LogP contribution in [0.15, 0.2) is 158 Å². The Hall–Kier alpha value is -5.32. The second kappa shape index (κ2) is 75.9. The summed E-state index contributed by atoms with van der Waals surface area (Å²) in [7, 11) is -9.99. The van der Waals surface area contributed by atoms with Crippen molar-refractivity contribution in [1.82, 2.24) is 0 Å². The van der Waals surface area contributed by atoms with Crippen LogP contribution < -0.4 is 0 Å². The number of phosphoric ester groups is 2. The summed E-state index contributed by atoms with van der Waals surface area (Å²) >= 11 is 0. The minimum Gasteiger partial charge on any atom is -0.462 e. The van der Waals surface area contributed by atoms with Gasteiger partial charge in [0.2, 0.25) is 0 Å². The van der Waals surface area contributed by atoms with Gasteiger partial charge in [-0.1, -0.05) is 269 Å². The van der Waals surface area contributed by atoms with Crippen LogP contribution in [0.2, 0.25) is 0 Å². The molecule has 17 nitrogen and oxygen atoms in total. The summed E-state index contributed by atoms with van der Waals surface area (Å²) in [6.07, 6.45) is 88.0. The zero-order valence-corrected chi connectivity index (χ0v) is 66.4. The van der Waals surface area contributed by atoms with Crippen molar-refractivity contribution in [2.75, 3.05) is 39.6 Å². The van der Waals surface area contributed by atoms with Crippen molar-refractivity contribution in [1.29, 1.82) is 0 Å². The quantitative estimate of drug-likeness (QED) is 0.0169. The van der Waals surface area contributed by atoms with Crippen LogP contribution in [-0.2, 0) is 65.4 Å². The lowest BCUT2D eigenvalue weighted by Gasteiger charge is -2.21. The summed E-state index contributed by atoms with van der Waals surface area (Å²) in [5.41, 5.74) is 0. The van der Waals surface area contributed by atoms with Crippen molar-refractivity contribution < 1.29 is 80.2 Å². The van der Waals surface area contributed by atoms with Gasteiger partial charge in [-0.15, -0.1) is 0 Å². The summed E-state index contributed by atoms with van der Waals surface area (Å²) in [6.45, 7) is 4.40. The molecular formula is C85H140O17P2. The fourth-order valence-electron chi connectivity index (χ4n) is 10.0. The number of aliphatic hydroxyl groups is 1. The lowest BCUT2D eigenvalue weighted by Crippen LogP contribution is -2.30. The number of allylic oxidation sites excluding steroid dienone is 26. The van der Waals surface area contributed by atoms with Crippen LogP contribution in [0.5, 0.6) is 0 Å². The molecule has 0 aromatic carbocycles. The van der Waals surface area contributed by atoms with Gasteiger partial charge in [-0.25, -0.2) is 9.13 Å². The molecule has 104 heavy (non-hydrogen) atoms. The predicted octanol–water partition coefficient (Wildman–Crippen LogP) is 23.2. The molecule has 5 unspecified atom stereocenters. The number of esters is 4. The van der Waals surface area contributed by atoms with Crippen LogP contribution in [0, 0.1) is 0 Å². The van der Waals surface area contributed by atoms with Gasteiger partial charge >= 0.3 is 39.5 Å². The average molecular weight is 1500 g/mol. The standard InChI is InChI=1S/C85H140O17P2/c1-5-9-13-17-21-25-29-33-36-39-42-46-49-53-57-61-65-69-82(87)95-75-80(101-84(89)71-67-63-59-55-51-45-32-28-24-20-16-12-8-4)77-99-103(91,92)97-73-79(86)74-98-104(93,94)100-78-81(102-85(90)72-68-64-60-56-52-48-44-41-38-35-31-27-23-19-15-11-7-3)76-96-83(88)70-66-62-58-54-50-47-43-40-37-34-30-26-22-18-14-10-6-2/h9-11,13-15,21-23,25-28,32-38,42-43,46-47,53,57,79-81,86H,5-8,12,16-20,24,29-31,39-41,44-45,48-52,54-56,58-78H2,1-4H3,(H,91,92)(H,93,94)/b13-9-,14-10-,15-11-,25-21-,26-22-,27-23-,32-28-,36-33-,37-34-,38-35-,46-42-,47-43-,57-53-. The summed E-state index contributed by atoms with van der Waals surface area (Å²) in [5, 5.41) is 10.6. The van der Waals surface area contributed by atoms with Crippen molar-refractivity contribution in [3.63, 3.8) is 0 Å². The van der Waals surface area contributed by atoms with E-state index in [2.05, 4.69) is 174 Å². The molecule has 0 bridgehead atoms. The van der Waals surface area contributed by atoms with Crippen molar-refractivity contribution >= 4 is 39.5 Å². The average Bonchev–Trinajstić information content (AvgIpc) is 0.910. The van der Waals surface area contributed by atoms with E-state index >= 15 is 0 Å². The molecule has 0 aromatic heterocycles. The lowest BCUT2D eigenvalue weighted by molar-refractivity contribution is -0.161. The summed E-state index contributed by atoms with van der Waals surface area (Å²) in [5.74, 6) is -2.30. The maximum Gasteiger partial charge on any atom is 0.472 e. The predicted molar refractivity (Wildman–Crippen MR) is 427 cm³/mol. The third-order valence-electron chi connectivity index (χ3n) is 16.0. The number of rotatable bonds is 73. The smallest absolute Gasteiger partial charge is 0.462 e. The fraction of sp³-hybridized carbons (Fsp3) is 0.647. The van der Waals surface area contributed by atoms with E-state index in [1.165, 1.54) is 25.7 Å². The first-order valence-corrected chi connectivity index (χ1v) is 42.7. The highest BCUT2D eigenvalue weighted by Gasteiger charge is 2.30. The van der Waals surface area contributed by atoms with Gasteiger partial charge in [-0.2, -0.15) is 0 Å². The first-order chi connectivity index (χ1) is 50.7. The van der Waals surface area contributed by atoms with Crippen molar-refractivity contribution in [3.05, 3.63) is 158 Å². The third-order valence-corrected chi connectivity index (χ3v) is 17.9. The Kier molecular flexibility index (Phi) is 72.0. The third kappa shape index (κ3) is 74.9. The normalized spacial score (nSPS) is 14.7. The molecule has 19 heteroatoms. The Labute approximate surface area is 629 Å². The molecule has 0 spiro atoms. The Morgan fingerprint density at radius 3 is 0.817 bits per heavy atom. The van der Waals surface area contributed by atoms with Crippen LogP contribution in [0.3, 0.4) is 0 Å². The topological polar surface area (TPSA) is 237 Å². The number of carbonyl (C=O) groups is 4. The molecule has 0 rings (SSSR count). The molecule has 0 aliphatic carbocycles. The molecule has 0 aliphatic rings. The number of unbranched alkanes of at least 4 members (excludes halogenated alkanes) is 21. The largest absolute Gasteiger partial charge is 0.472 e. The number of aliphatic hydroxyl groups excluding tert-OH is 1. The van der Waals surface area contributed by atoms with E-state index in [9.17, 15) is 43.2 Å². The van der Waals surface area contributed by atoms with Gasteiger partial charge < -0.3 is 33.8 Å². The zero-order valence-electron chi connectivity index (χ0n) is 64.6. The van der Waals surface area contributed by atoms with Gasteiger partial charge in [0.05, 0.1) is 26.4 Å². The minimum atomic E-state index is -5.00. The van der Waals surface area contributed by atoms with Gasteiger partial charge in [-0.05, 0) is 161 Å². The highest BCUT2D eigenvalue weighted by molar-refractivity contribution is 7.47. The molecule has 0 radical (unpaired) electrons. The monoisotopic (exact) mass is 1490 g/mol. The van der Waals surface area contributed by atoms with Gasteiger partial charge in [0, 0.05) is 25.7 Å². The van der Waals surface area contributed by atoms with Crippen LogP contribution in [0.1, 0.15) is 297 Å². The molecule has 0 saturated carbocycles. The van der Waals surface area contributed by atoms with Crippen molar-refractivity contribution in [3.8, 4) is 0 Å². The fourth-order valence-corrected chi connectivity index (χ4v) is 11.6. The second-order valence-corrected chi connectivity index (χ2v) is 28.8. The zero-order chi connectivity index (χ0) is 76.0. The SMILES string of the molecule is CC/C=C\C/C=C\C/C=C\C/C=C\C/C=C\CCCC(=O)OCC(COP(=O)(O)OCC(O)COP(=O)(O)OCC(COC(=O)CCCCCC/C=C\C/C=C\C/C=C\C/C=C\CC)OC(=O)CCCCCCCCC/C=C\C/C=C\C/C=C\CC)OC(=O)CCCCCCC/C=C\CCCCCC. The van der Waals surface area contributed by atoms with Crippen LogP contribution in [-0.4, -0.2) is 96.7 Å². The molecule has 0 aliphatic heterocycles. The van der Waals surface area contributed by atoms with E-state index in [0.717, 1.165) is 186 Å². The Morgan fingerprint density at radius 2 is 0.510 bits per heavy atom. The molecular weight excluding hydrogens is 1350 g/mol. The highest BCUT2D eigenvalue weighted by Crippen LogP contribution is 2.45. The van der Waals surface area contributed by atoms with E-state index in [0.29, 0.717) is 32.1 Å². The molecule has 0 amide bonds. The number of hydrogen-bond acceptors (Lipinski definition) is 15. The summed E-state index contributed by atoms with van der Waals surface area (Å²) < 4.78 is 68.5. The molecule has 592 valence electrons. The number of hydrogen-bond donors (Lipinski definition) is 3. The molecule has 3 N–H and O–H groups in total. The van der Waals surface area contributed by atoms with Gasteiger partial charge in [0.15, 0.2) is 12.2 Å². The number of ether oxygens (including phenoxy) is 4. The second-order valence-electron chi connectivity index (χ2n) is 25.9. The van der Waals surface area contributed by atoms with E-state index in [4.69, 9.17) is 37.0 Å². The van der Waals surface area contributed by atoms with E-state index < -0.39 is 97.5 Å². The van der Waals surface area contributed by atoms with E-state index in [1.54, 1.807) is 0 Å². The first-order valence-electron chi connectivity index (χ1n) is 39.7. The Morgan fingerprint density at radius 1 is 0.279 bits per heavy atom. The molecule has 0 saturated heterocycles. The van der Waals surface area contributed by atoms with Crippen LogP contribution in [0.25, 0.3) is 0 Å². The Balaban J connectivity index is 5.45. The minimum absolute atomic E-state index is 0.0678. The summed E-state index contributed by atoms with van der Waals surface area (Å²) in [4.78, 5) is 73.0. The van der Waals surface area contributed by atoms with Crippen LogP contribution >= 0.6 is 15.6 Å². The summed E-state index contributed by atoms with van der Waals surface area (Å²) in [6, 6.07) is 0. The lowest BCUT2D eigenvalue weighted by atomic mass is 10.1. The van der Waals surface area contributed by atoms with Crippen molar-refractivity contribution in [2.45, 2.75) is 316 Å². The van der Waals surface area contributed by atoms with Crippen molar-refractivity contribution in [2.24, 2.45) is 0 Å². The van der Waals surface area contributed by atoms with E-state index in [1.807, 2.05) is 12.2 Å². The highest BCUT2D eigenvalue weighted by atomic mass is 31.2. The van der Waals surface area contributed by atoms with Gasteiger partial charge in [-0.3, -0.25) is 37.3 Å². The number of phosphoric acid groups is 2. The van der Waals surface area contributed by atoms with Gasteiger partial charge in [0.1, 0.15) is 19.3 Å². The Bertz CT molecular complexity index is 2590. The molecule has 0 fully saturated rings. The maximum atomic E-state index is 13.1. The van der Waals surface area contributed by atoms with Crippen LogP contribution in [0.4, 0.5) is 0 Å². The molecule has 5 atom stereocenters. The van der Waals surface area contributed by atoms with Gasteiger partial charge in [0.25, 0.3) is 0 Å². The molecule has 0 heterocycles.